The summed E-state index contributed by atoms with van der Waals surface area (Å²) >= 11 is 6.10. The summed E-state index contributed by atoms with van der Waals surface area (Å²) in [4.78, 5) is 3.40. The van der Waals surface area contributed by atoms with E-state index in [4.69, 9.17) is 21.4 Å². The van der Waals surface area contributed by atoms with Crippen LogP contribution in [-0.2, 0) is 0 Å². The van der Waals surface area contributed by atoms with Crippen LogP contribution in [0.4, 0.5) is 5.69 Å². The van der Waals surface area contributed by atoms with E-state index >= 15 is 0 Å². The summed E-state index contributed by atoms with van der Waals surface area (Å²) < 4.78 is 5.33. The molecule has 5 heteroatoms. The molecular weight excluding hydrogens is 300 g/mol. The number of fused-ring (bicyclic) bond motifs is 2. The zero-order valence-electron chi connectivity index (χ0n) is 12.3. The molecule has 3 rings (SSSR count). The summed E-state index contributed by atoms with van der Waals surface area (Å²) in [7, 11) is 1.66. The van der Waals surface area contributed by atoms with Crippen molar-refractivity contribution < 1.29 is 14.8 Å². The van der Waals surface area contributed by atoms with Gasteiger partial charge in [-0.25, -0.2) is 4.98 Å². The molecule has 3 aromatic rings. The Hall–Kier alpha value is -2.04. The number of aliphatic hydroxyl groups excluding tert-OH is 1. The van der Waals surface area contributed by atoms with Gasteiger partial charge in [-0.15, -0.1) is 0 Å². The zero-order valence-corrected chi connectivity index (χ0v) is 13.1. The van der Waals surface area contributed by atoms with Gasteiger partial charge in [0.2, 0.25) is 11.0 Å². The Morgan fingerprint density at radius 1 is 1.14 bits per heavy atom. The smallest absolute Gasteiger partial charge is 0.214 e. The first kappa shape index (κ1) is 14.9. The predicted octanol–water partition coefficient (Wildman–Crippen LogP) is 3.26. The van der Waals surface area contributed by atoms with Gasteiger partial charge in [-0.05, 0) is 30.7 Å². The maximum absolute atomic E-state index is 9.01. The second-order valence-electron chi connectivity index (χ2n) is 5.11. The van der Waals surface area contributed by atoms with Gasteiger partial charge in [-0.1, -0.05) is 11.6 Å². The molecule has 4 nitrogen and oxygen atoms in total. The van der Waals surface area contributed by atoms with Crippen LogP contribution in [0.15, 0.2) is 36.4 Å². The number of H-pyrrole nitrogens is 1. The van der Waals surface area contributed by atoms with Gasteiger partial charge in [0.15, 0.2) is 0 Å². The highest BCUT2D eigenvalue weighted by atomic mass is 35.5. The number of anilines is 1. The van der Waals surface area contributed by atoms with E-state index in [1.165, 1.54) is 0 Å². The van der Waals surface area contributed by atoms with Crippen molar-refractivity contribution in [1.82, 2.24) is 0 Å². The van der Waals surface area contributed by atoms with Crippen molar-refractivity contribution in [2.75, 3.05) is 25.6 Å². The van der Waals surface area contributed by atoms with Gasteiger partial charge in [0.25, 0.3) is 0 Å². The molecule has 0 atom stereocenters. The van der Waals surface area contributed by atoms with Gasteiger partial charge in [-0.3, -0.25) is 0 Å². The van der Waals surface area contributed by atoms with Gasteiger partial charge in [-0.2, -0.15) is 0 Å². The van der Waals surface area contributed by atoms with Gasteiger partial charge < -0.3 is 15.2 Å². The Labute approximate surface area is 133 Å². The molecule has 0 aliphatic carbocycles. The summed E-state index contributed by atoms with van der Waals surface area (Å²) in [6.07, 6.45) is 0.694. The Balaban J connectivity index is 2.24. The fourth-order valence-electron chi connectivity index (χ4n) is 2.58. The van der Waals surface area contributed by atoms with E-state index < -0.39 is 0 Å². The minimum absolute atomic E-state index is 0.164. The Bertz CT molecular complexity index is 820. The monoisotopic (exact) mass is 317 g/mol. The number of aliphatic hydroxyl groups is 1. The van der Waals surface area contributed by atoms with Crippen molar-refractivity contribution in [3.63, 3.8) is 0 Å². The summed E-state index contributed by atoms with van der Waals surface area (Å²) in [5.41, 5.74) is 2.99. The van der Waals surface area contributed by atoms with Crippen molar-refractivity contribution in [2.45, 2.75) is 6.42 Å². The fourth-order valence-corrected chi connectivity index (χ4v) is 2.75. The molecule has 0 aliphatic rings. The highest BCUT2D eigenvalue weighted by molar-refractivity contribution is 6.31. The molecule has 0 unspecified atom stereocenters. The van der Waals surface area contributed by atoms with Crippen LogP contribution in [0, 0.1) is 0 Å². The van der Waals surface area contributed by atoms with Crippen molar-refractivity contribution in [3.05, 3.63) is 41.4 Å². The number of aromatic amines is 1. The van der Waals surface area contributed by atoms with Crippen LogP contribution in [-0.4, -0.2) is 25.4 Å². The van der Waals surface area contributed by atoms with Crippen molar-refractivity contribution in [1.29, 1.82) is 0 Å². The number of benzene rings is 2. The molecule has 0 saturated heterocycles. The van der Waals surface area contributed by atoms with Crippen molar-refractivity contribution in [3.8, 4) is 5.75 Å². The number of pyridine rings is 1. The molecule has 1 heterocycles. The number of nitrogens with one attached hydrogen (secondary N) is 2. The van der Waals surface area contributed by atoms with Crippen LogP contribution in [0.2, 0.25) is 5.02 Å². The average molecular weight is 318 g/mol. The van der Waals surface area contributed by atoms with Gasteiger partial charge in [0, 0.05) is 30.3 Å². The molecule has 0 fully saturated rings. The van der Waals surface area contributed by atoms with Crippen LogP contribution in [0.25, 0.3) is 21.8 Å². The Morgan fingerprint density at radius 3 is 2.77 bits per heavy atom. The van der Waals surface area contributed by atoms with Gasteiger partial charge >= 0.3 is 0 Å². The van der Waals surface area contributed by atoms with E-state index in [2.05, 4.69) is 10.3 Å². The average Bonchev–Trinajstić information content (AvgIpc) is 2.53. The highest BCUT2D eigenvalue weighted by Gasteiger charge is 2.15. The summed E-state index contributed by atoms with van der Waals surface area (Å²) in [6.45, 7) is 0.863. The first-order valence-corrected chi connectivity index (χ1v) is 7.58. The quantitative estimate of drug-likeness (QED) is 0.561. The lowest BCUT2D eigenvalue weighted by Crippen LogP contribution is -2.11. The summed E-state index contributed by atoms with van der Waals surface area (Å²) in [5, 5.41) is 15.2. The molecule has 114 valence electrons. The minimum Gasteiger partial charge on any atom is -0.497 e. The number of ether oxygens (including phenoxy) is 1. The number of hydrogen-bond acceptors (Lipinski definition) is 3. The topological polar surface area (TPSA) is 55.6 Å². The van der Waals surface area contributed by atoms with E-state index in [0.717, 1.165) is 33.2 Å². The molecule has 3 N–H and O–H groups in total. The van der Waals surface area contributed by atoms with E-state index in [1.54, 1.807) is 7.11 Å². The van der Waals surface area contributed by atoms with E-state index in [1.807, 2.05) is 36.4 Å². The van der Waals surface area contributed by atoms with E-state index in [0.29, 0.717) is 18.0 Å². The Morgan fingerprint density at radius 2 is 2.00 bits per heavy atom. The largest absolute Gasteiger partial charge is 0.497 e. The third-order valence-corrected chi connectivity index (χ3v) is 3.89. The lowest BCUT2D eigenvalue weighted by molar-refractivity contribution is -0.310. The molecule has 1 aromatic heterocycles. The fraction of sp³-hybridized carbons (Fsp3) is 0.235. The predicted molar refractivity (Wildman–Crippen MR) is 89.8 cm³/mol. The van der Waals surface area contributed by atoms with Gasteiger partial charge in [0.05, 0.1) is 23.6 Å². The molecular formula is C17H18ClN2O2+. The lowest BCUT2D eigenvalue weighted by Gasteiger charge is -2.11. The highest BCUT2D eigenvalue weighted by Crippen LogP contribution is 2.32. The molecule has 0 aliphatic heterocycles. The second-order valence-corrected chi connectivity index (χ2v) is 5.54. The van der Waals surface area contributed by atoms with Crippen LogP contribution in [0.3, 0.4) is 0 Å². The number of aromatic nitrogens is 1. The third kappa shape index (κ3) is 2.80. The Kier molecular flexibility index (Phi) is 4.32. The van der Waals surface area contributed by atoms with Gasteiger partial charge in [0.1, 0.15) is 5.75 Å². The van der Waals surface area contributed by atoms with Crippen LogP contribution in [0.5, 0.6) is 5.75 Å². The minimum atomic E-state index is 0.164. The summed E-state index contributed by atoms with van der Waals surface area (Å²) in [5.74, 6) is 0.805. The number of methoxy groups -OCH3 is 1. The van der Waals surface area contributed by atoms with Crippen LogP contribution < -0.4 is 15.0 Å². The molecule has 0 radical (unpaired) electrons. The summed E-state index contributed by atoms with van der Waals surface area (Å²) in [6, 6.07) is 11.7. The van der Waals surface area contributed by atoms with Crippen LogP contribution in [0.1, 0.15) is 6.42 Å². The maximum Gasteiger partial charge on any atom is 0.214 e. The molecule has 0 bridgehead atoms. The first-order chi connectivity index (χ1) is 10.7. The first-order valence-electron chi connectivity index (χ1n) is 7.20. The molecule has 0 saturated carbocycles. The normalized spacial score (nSPS) is 11.0. The number of halogens is 1. The number of rotatable bonds is 5. The SMILES string of the molecule is COc1ccc2[nH+]c3cc(Cl)ccc3c(NCCCO)c2c1. The van der Waals surface area contributed by atoms with E-state index in [-0.39, 0.29) is 6.61 Å². The maximum atomic E-state index is 9.01. The molecule has 0 spiro atoms. The molecule has 0 amide bonds. The zero-order chi connectivity index (χ0) is 15.5. The van der Waals surface area contributed by atoms with Crippen molar-refractivity contribution in [2.24, 2.45) is 0 Å². The van der Waals surface area contributed by atoms with E-state index in [9.17, 15) is 0 Å². The third-order valence-electron chi connectivity index (χ3n) is 3.65. The van der Waals surface area contributed by atoms with Crippen LogP contribution >= 0.6 is 11.6 Å². The lowest BCUT2D eigenvalue weighted by atomic mass is 10.1. The standard InChI is InChI=1S/C17H17ClN2O2/c1-22-12-4-6-15-14(10-12)17(19-7-2-8-21)13-5-3-11(18)9-16(13)20-15/h3-6,9-10,21H,2,7-8H2,1H3,(H,19,20)/p+1. The second kappa shape index (κ2) is 6.38. The molecule has 2 aromatic carbocycles. The number of hydrogen-bond donors (Lipinski definition) is 2. The molecule has 22 heavy (non-hydrogen) atoms. The van der Waals surface area contributed by atoms with Crippen molar-refractivity contribution >= 4 is 39.1 Å².